The summed E-state index contributed by atoms with van der Waals surface area (Å²) in [6.45, 7) is -0.000297. The van der Waals surface area contributed by atoms with Crippen LogP contribution >= 0.6 is 0 Å². The third-order valence-electron chi connectivity index (χ3n) is 7.44. The lowest BCUT2D eigenvalue weighted by atomic mass is 10.0. The fourth-order valence-electron chi connectivity index (χ4n) is 5.14. The number of fused-ring (bicyclic) bond motifs is 1. The molecule has 0 fully saturated rings. The van der Waals surface area contributed by atoms with Crippen LogP contribution in [0.5, 0.6) is 17.2 Å². The van der Waals surface area contributed by atoms with Crippen molar-refractivity contribution in [3.05, 3.63) is 102 Å². The molecule has 0 aliphatic rings. The van der Waals surface area contributed by atoms with Gasteiger partial charge in [0.1, 0.15) is 18.1 Å². The maximum Gasteiger partial charge on any atom is 0.251 e. The number of hydrogen-bond donors (Lipinski definition) is 1. The maximum absolute atomic E-state index is 14.4. The SMILES string of the molecule is COc1cc([C@@H](C(=O)Nc2ccc(N(C)C)cc2)N(Cc2ccccc2)C(=O)Cn2nnc3ccccc32)cc(OC)c1OC. The van der Waals surface area contributed by atoms with E-state index in [1.54, 1.807) is 16.8 Å². The van der Waals surface area contributed by atoms with Gasteiger partial charge in [0.25, 0.3) is 5.91 Å². The van der Waals surface area contributed by atoms with Crippen LogP contribution in [0.4, 0.5) is 11.4 Å². The molecule has 0 radical (unpaired) electrons. The van der Waals surface area contributed by atoms with Crippen molar-refractivity contribution in [1.82, 2.24) is 19.9 Å². The molecule has 0 unspecified atom stereocenters. The highest BCUT2D eigenvalue weighted by atomic mass is 16.5. The number of ether oxygens (including phenoxy) is 3. The molecule has 4 aromatic carbocycles. The monoisotopic (exact) mass is 608 g/mol. The molecule has 0 aliphatic carbocycles. The Balaban J connectivity index is 1.62. The van der Waals surface area contributed by atoms with Crippen molar-refractivity contribution in [3.8, 4) is 17.2 Å². The van der Waals surface area contributed by atoms with Crippen molar-refractivity contribution >= 4 is 34.2 Å². The van der Waals surface area contributed by atoms with Gasteiger partial charge in [-0.15, -0.1) is 5.10 Å². The largest absolute Gasteiger partial charge is 0.493 e. The molecule has 45 heavy (non-hydrogen) atoms. The number of amides is 2. The minimum Gasteiger partial charge on any atom is -0.493 e. The van der Waals surface area contributed by atoms with E-state index in [2.05, 4.69) is 15.6 Å². The Morgan fingerprint density at radius 1 is 0.844 bits per heavy atom. The number of nitrogens with zero attached hydrogens (tertiary/aromatic N) is 5. The van der Waals surface area contributed by atoms with Crippen molar-refractivity contribution in [3.63, 3.8) is 0 Å². The van der Waals surface area contributed by atoms with Crippen molar-refractivity contribution in [2.75, 3.05) is 45.6 Å². The maximum atomic E-state index is 14.4. The summed E-state index contributed by atoms with van der Waals surface area (Å²) in [4.78, 5) is 32.2. The molecule has 0 spiro atoms. The predicted molar refractivity (Wildman–Crippen MR) is 173 cm³/mol. The zero-order valence-corrected chi connectivity index (χ0v) is 25.9. The van der Waals surface area contributed by atoms with E-state index in [9.17, 15) is 9.59 Å². The van der Waals surface area contributed by atoms with Gasteiger partial charge in [-0.3, -0.25) is 9.59 Å². The zero-order valence-electron chi connectivity index (χ0n) is 25.9. The summed E-state index contributed by atoms with van der Waals surface area (Å²) < 4.78 is 18.3. The number of carbonyl (C=O) groups excluding carboxylic acids is 2. The van der Waals surface area contributed by atoms with Gasteiger partial charge in [-0.1, -0.05) is 47.7 Å². The van der Waals surface area contributed by atoms with Crippen LogP contribution in [-0.2, 0) is 22.7 Å². The first-order valence-corrected chi connectivity index (χ1v) is 14.3. The topological polar surface area (TPSA) is 111 Å². The normalized spacial score (nSPS) is 11.5. The number of aromatic nitrogens is 3. The number of rotatable bonds is 12. The fraction of sp³-hybridized carbons (Fsp3) is 0.235. The number of hydrogen-bond acceptors (Lipinski definition) is 8. The predicted octanol–water partition coefficient (Wildman–Crippen LogP) is 4.93. The molecule has 5 rings (SSSR count). The second kappa shape index (κ2) is 13.8. The lowest BCUT2D eigenvalue weighted by Gasteiger charge is -2.32. The van der Waals surface area contributed by atoms with Crippen LogP contribution in [-0.4, -0.2) is 67.1 Å². The third kappa shape index (κ3) is 6.82. The highest BCUT2D eigenvalue weighted by Gasteiger charge is 2.34. The second-order valence-electron chi connectivity index (χ2n) is 10.5. The van der Waals surface area contributed by atoms with Crippen LogP contribution in [0, 0.1) is 0 Å². The van der Waals surface area contributed by atoms with E-state index in [-0.39, 0.29) is 19.0 Å². The van der Waals surface area contributed by atoms with Gasteiger partial charge in [0.2, 0.25) is 11.7 Å². The minimum absolute atomic E-state index is 0.140. The van der Waals surface area contributed by atoms with Gasteiger partial charge in [-0.05, 0) is 59.7 Å². The molecule has 0 saturated carbocycles. The Bertz CT molecular complexity index is 1750. The number of nitrogens with one attached hydrogen (secondary N) is 1. The molecule has 0 saturated heterocycles. The van der Waals surface area contributed by atoms with Crippen LogP contribution in [0.3, 0.4) is 0 Å². The van der Waals surface area contributed by atoms with Crippen LogP contribution in [0.2, 0.25) is 0 Å². The molecule has 2 amide bonds. The molecular formula is C34H36N6O5. The third-order valence-corrected chi connectivity index (χ3v) is 7.44. The van der Waals surface area contributed by atoms with Gasteiger partial charge < -0.3 is 29.3 Å². The first kappa shape index (κ1) is 30.9. The van der Waals surface area contributed by atoms with Crippen LogP contribution in [0.25, 0.3) is 11.0 Å². The van der Waals surface area contributed by atoms with Crippen LogP contribution in [0.1, 0.15) is 17.2 Å². The van der Waals surface area contributed by atoms with Crippen molar-refractivity contribution < 1.29 is 23.8 Å². The highest BCUT2D eigenvalue weighted by Crippen LogP contribution is 2.41. The minimum atomic E-state index is -1.10. The molecule has 1 N–H and O–H groups in total. The molecule has 11 heteroatoms. The Hall–Kier alpha value is -5.58. The molecule has 0 bridgehead atoms. The number of carbonyl (C=O) groups is 2. The van der Waals surface area contributed by atoms with E-state index >= 15 is 0 Å². The molecule has 1 heterocycles. The van der Waals surface area contributed by atoms with E-state index in [0.717, 1.165) is 11.3 Å². The number of methoxy groups -OCH3 is 3. The van der Waals surface area contributed by atoms with Crippen molar-refractivity contribution in [2.45, 2.75) is 19.1 Å². The van der Waals surface area contributed by atoms with E-state index in [1.165, 1.54) is 26.2 Å². The van der Waals surface area contributed by atoms with Gasteiger partial charge >= 0.3 is 0 Å². The standard InChI is InChI=1S/C34H36N6O5/c1-38(2)26-17-15-25(16-18-26)35-34(42)32(24-19-29(43-3)33(45-5)30(20-24)44-4)39(21-23-11-7-6-8-12-23)31(41)22-40-28-14-10-9-13-27(28)36-37-40/h6-20,32H,21-22H2,1-5H3,(H,35,42)/t32-/m0/s1. The molecular weight excluding hydrogens is 572 g/mol. The van der Waals surface area contributed by atoms with Crippen LogP contribution < -0.4 is 24.4 Å². The summed E-state index contributed by atoms with van der Waals surface area (Å²) in [7, 11) is 8.41. The number of para-hydroxylation sites is 1. The van der Waals surface area contributed by atoms with E-state index in [1.807, 2.05) is 97.9 Å². The average molecular weight is 609 g/mol. The van der Waals surface area contributed by atoms with Gasteiger partial charge in [-0.2, -0.15) is 0 Å². The Morgan fingerprint density at radius 2 is 1.49 bits per heavy atom. The van der Waals surface area contributed by atoms with E-state index in [4.69, 9.17) is 14.2 Å². The van der Waals surface area contributed by atoms with E-state index in [0.29, 0.717) is 39.5 Å². The molecule has 5 aromatic rings. The second-order valence-corrected chi connectivity index (χ2v) is 10.5. The van der Waals surface area contributed by atoms with Gasteiger partial charge in [0.15, 0.2) is 11.5 Å². The summed E-state index contributed by atoms with van der Waals surface area (Å²) >= 11 is 0. The Kier molecular flexibility index (Phi) is 9.47. The Labute approximate surface area is 261 Å². The number of benzene rings is 4. The summed E-state index contributed by atoms with van der Waals surface area (Å²) in [5.74, 6) is 0.321. The van der Waals surface area contributed by atoms with Gasteiger partial charge in [-0.25, -0.2) is 4.68 Å². The molecule has 1 atom stereocenters. The summed E-state index contributed by atoms with van der Waals surface area (Å²) in [6, 6.07) is 26.7. The number of anilines is 2. The summed E-state index contributed by atoms with van der Waals surface area (Å²) in [6.07, 6.45) is 0. The van der Waals surface area contributed by atoms with Gasteiger partial charge in [0, 0.05) is 32.0 Å². The fourth-order valence-corrected chi connectivity index (χ4v) is 5.14. The van der Waals surface area contributed by atoms with Crippen molar-refractivity contribution in [2.24, 2.45) is 0 Å². The zero-order chi connectivity index (χ0) is 31.9. The molecule has 1 aromatic heterocycles. The van der Waals surface area contributed by atoms with E-state index < -0.39 is 11.9 Å². The average Bonchev–Trinajstić information content (AvgIpc) is 3.47. The first-order chi connectivity index (χ1) is 21.8. The lowest BCUT2D eigenvalue weighted by Crippen LogP contribution is -2.42. The smallest absolute Gasteiger partial charge is 0.251 e. The molecule has 0 aliphatic heterocycles. The van der Waals surface area contributed by atoms with Crippen molar-refractivity contribution in [1.29, 1.82) is 0 Å². The van der Waals surface area contributed by atoms with Gasteiger partial charge in [0.05, 0.1) is 26.8 Å². The molecule has 232 valence electrons. The lowest BCUT2D eigenvalue weighted by molar-refractivity contribution is -0.140. The molecule has 11 nitrogen and oxygen atoms in total. The summed E-state index contributed by atoms with van der Waals surface area (Å²) in [5.41, 5.74) is 4.25. The quantitative estimate of drug-likeness (QED) is 0.212. The summed E-state index contributed by atoms with van der Waals surface area (Å²) in [5, 5.41) is 11.5. The Morgan fingerprint density at radius 3 is 2.11 bits per heavy atom. The first-order valence-electron chi connectivity index (χ1n) is 14.3. The van der Waals surface area contributed by atoms with Crippen LogP contribution in [0.15, 0.2) is 91.0 Å². The highest BCUT2D eigenvalue weighted by molar-refractivity contribution is 5.98.